The molecule has 3 N–H and O–H groups in total. The van der Waals surface area contributed by atoms with Gasteiger partial charge in [0.1, 0.15) is 0 Å². The summed E-state index contributed by atoms with van der Waals surface area (Å²) in [5.74, 6) is 2.37. The summed E-state index contributed by atoms with van der Waals surface area (Å²) in [5.41, 5.74) is 1.04. The Morgan fingerprint density at radius 2 is 2.00 bits per heavy atom. The molecule has 1 aliphatic carbocycles. The first-order chi connectivity index (χ1) is 13.5. The van der Waals surface area contributed by atoms with Gasteiger partial charge >= 0.3 is 0 Å². The molecule has 1 saturated carbocycles. The van der Waals surface area contributed by atoms with Gasteiger partial charge in [-0.2, -0.15) is 0 Å². The van der Waals surface area contributed by atoms with Gasteiger partial charge in [-0.25, -0.2) is 9.98 Å². The molecule has 0 spiro atoms. The van der Waals surface area contributed by atoms with Crippen LogP contribution in [0.5, 0.6) is 5.88 Å². The molecular formula is C21H35N5O2. The summed E-state index contributed by atoms with van der Waals surface area (Å²) in [6.45, 7) is 11.0. The first-order valence-electron chi connectivity index (χ1n) is 10.4. The van der Waals surface area contributed by atoms with Gasteiger partial charge in [-0.15, -0.1) is 0 Å². The van der Waals surface area contributed by atoms with E-state index in [1.807, 2.05) is 19.1 Å². The Kier molecular flexibility index (Phi) is 9.04. The van der Waals surface area contributed by atoms with Crippen LogP contribution >= 0.6 is 0 Å². The van der Waals surface area contributed by atoms with Crippen molar-refractivity contribution in [1.29, 1.82) is 0 Å². The summed E-state index contributed by atoms with van der Waals surface area (Å²) in [6, 6.07) is 3.89. The molecule has 7 nitrogen and oxygen atoms in total. The predicted octanol–water partition coefficient (Wildman–Crippen LogP) is 2.48. The van der Waals surface area contributed by atoms with E-state index in [-0.39, 0.29) is 17.9 Å². The minimum atomic E-state index is 0.135. The standard InChI is InChI=1S/C21H35N5O2/c1-5-22-21(25-11-10-24-20(27)18-6-7-18)26-14-17-8-9-23-19(13-17)28-16(4)12-15(2)3/h8-9,13,15-16,18H,5-7,10-12,14H2,1-4H3,(H,24,27)(H2,22,25,26). The zero-order valence-corrected chi connectivity index (χ0v) is 17.6. The van der Waals surface area contributed by atoms with E-state index in [0.717, 1.165) is 37.3 Å². The molecule has 1 aliphatic rings. The van der Waals surface area contributed by atoms with Crippen LogP contribution in [0.2, 0.25) is 0 Å². The van der Waals surface area contributed by atoms with Crippen molar-refractivity contribution < 1.29 is 9.53 Å². The topological polar surface area (TPSA) is 87.6 Å². The van der Waals surface area contributed by atoms with Crippen molar-refractivity contribution in [3.05, 3.63) is 23.9 Å². The summed E-state index contributed by atoms with van der Waals surface area (Å²) in [6.07, 6.45) is 4.94. The van der Waals surface area contributed by atoms with Crippen LogP contribution in [-0.2, 0) is 11.3 Å². The molecule has 1 heterocycles. The predicted molar refractivity (Wildman–Crippen MR) is 112 cm³/mol. The maximum Gasteiger partial charge on any atom is 0.223 e. The van der Waals surface area contributed by atoms with Crippen LogP contribution in [0.1, 0.15) is 52.5 Å². The second kappa shape index (κ2) is 11.5. The van der Waals surface area contributed by atoms with Gasteiger partial charge in [-0.05, 0) is 50.7 Å². The fraction of sp³-hybridized carbons (Fsp3) is 0.667. The van der Waals surface area contributed by atoms with Gasteiger partial charge in [0.05, 0.1) is 12.6 Å². The van der Waals surface area contributed by atoms with Crippen LogP contribution in [0.4, 0.5) is 0 Å². The van der Waals surface area contributed by atoms with Crippen molar-refractivity contribution >= 4 is 11.9 Å². The monoisotopic (exact) mass is 389 g/mol. The zero-order chi connectivity index (χ0) is 20.4. The molecule has 1 aromatic heterocycles. The van der Waals surface area contributed by atoms with Crippen LogP contribution < -0.4 is 20.7 Å². The van der Waals surface area contributed by atoms with Gasteiger partial charge in [0, 0.05) is 37.8 Å². The molecule has 7 heteroatoms. The van der Waals surface area contributed by atoms with Gasteiger partial charge < -0.3 is 20.7 Å². The molecule has 0 aromatic carbocycles. The van der Waals surface area contributed by atoms with Crippen LogP contribution in [0.25, 0.3) is 0 Å². The van der Waals surface area contributed by atoms with Gasteiger partial charge in [-0.3, -0.25) is 4.79 Å². The lowest BCUT2D eigenvalue weighted by molar-refractivity contribution is -0.122. The number of aliphatic imine (C=N–C) groups is 1. The Labute approximate surface area is 168 Å². The molecule has 1 aromatic rings. The van der Waals surface area contributed by atoms with E-state index in [4.69, 9.17) is 4.74 Å². The highest BCUT2D eigenvalue weighted by molar-refractivity contribution is 5.81. The Bertz CT molecular complexity index is 643. The van der Waals surface area contributed by atoms with Crippen molar-refractivity contribution in [2.24, 2.45) is 16.8 Å². The Hall–Kier alpha value is -2.31. The minimum absolute atomic E-state index is 0.135. The fourth-order valence-electron chi connectivity index (χ4n) is 2.90. The van der Waals surface area contributed by atoms with Crippen molar-refractivity contribution in [3.63, 3.8) is 0 Å². The zero-order valence-electron chi connectivity index (χ0n) is 17.6. The number of rotatable bonds is 11. The summed E-state index contributed by atoms with van der Waals surface area (Å²) in [7, 11) is 0. The van der Waals surface area contributed by atoms with Gasteiger partial charge in [0.15, 0.2) is 5.96 Å². The molecule has 156 valence electrons. The lowest BCUT2D eigenvalue weighted by Gasteiger charge is -2.16. The molecule has 0 bridgehead atoms. The third-order valence-electron chi connectivity index (χ3n) is 4.35. The molecular weight excluding hydrogens is 354 g/mol. The number of hydrogen-bond donors (Lipinski definition) is 3. The van der Waals surface area contributed by atoms with E-state index in [2.05, 4.69) is 46.7 Å². The molecule has 1 unspecified atom stereocenters. The molecule has 28 heavy (non-hydrogen) atoms. The molecule has 1 atom stereocenters. The highest BCUT2D eigenvalue weighted by Gasteiger charge is 2.28. The largest absolute Gasteiger partial charge is 0.475 e. The number of carbonyl (C=O) groups excluding carboxylic acids is 1. The van der Waals surface area contributed by atoms with E-state index in [1.54, 1.807) is 6.20 Å². The quantitative estimate of drug-likeness (QED) is 0.307. The van der Waals surface area contributed by atoms with E-state index >= 15 is 0 Å². The van der Waals surface area contributed by atoms with Crippen LogP contribution in [-0.4, -0.2) is 42.6 Å². The average molecular weight is 390 g/mol. The average Bonchev–Trinajstić information content (AvgIpc) is 3.47. The summed E-state index contributed by atoms with van der Waals surface area (Å²) in [4.78, 5) is 20.6. The van der Waals surface area contributed by atoms with E-state index < -0.39 is 0 Å². The molecule has 1 fully saturated rings. The van der Waals surface area contributed by atoms with E-state index in [1.165, 1.54) is 0 Å². The number of amides is 1. The third kappa shape index (κ3) is 8.59. The summed E-state index contributed by atoms with van der Waals surface area (Å²) < 4.78 is 5.92. The van der Waals surface area contributed by atoms with Crippen LogP contribution in [0.15, 0.2) is 23.3 Å². The van der Waals surface area contributed by atoms with Crippen LogP contribution in [0.3, 0.4) is 0 Å². The lowest BCUT2D eigenvalue weighted by Crippen LogP contribution is -2.41. The second-order valence-corrected chi connectivity index (χ2v) is 7.75. The smallest absolute Gasteiger partial charge is 0.223 e. The highest BCUT2D eigenvalue weighted by atomic mass is 16.5. The molecule has 0 aliphatic heterocycles. The lowest BCUT2D eigenvalue weighted by atomic mass is 10.1. The number of aromatic nitrogens is 1. The molecule has 1 amide bonds. The number of hydrogen-bond acceptors (Lipinski definition) is 4. The Balaban J connectivity index is 1.81. The first-order valence-corrected chi connectivity index (χ1v) is 10.4. The minimum Gasteiger partial charge on any atom is -0.475 e. The van der Waals surface area contributed by atoms with Crippen molar-refractivity contribution in [1.82, 2.24) is 20.9 Å². The molecule has 0 radical (unpaired) electrons. The fourth-order valence-corrected chi connectivity index (χ4v) is 2.90. The normalized spacial score (nSPS) is 15.2. The van der Waals surface area contributed by atoms with Crippen molar-refractivity contribution in [2.75, 3.05) is 19.6 Å². The Morgan fingerprint density at radius 3 is 2.68 bits per heavy atom. The highest BCUT2D eigenvalue weighted by Crippen LogP contribution is 2.28. The number of guanidine groups is 1. The van der Waals surface area contributed by atoms with Crippen LogP contribution in [0, 0.1) is 11.8 Å². The number of nitrogens with zero attached hydrogens (tertiary/aromatic N) is 2. The molecule has 2 rings (SSSR count). The van der Waals surface area contributed by atoms with Gasteiger partial charge in [0.2, 0.25) is 11.8 Å². The summed E-state index contributed by atoms with van der Waals surface area (Å²) >= 11 is 0. The third-order valence-corrected chi connectivity index (χ3v) is 4.35. The van der Waals surface area contributed by atoms with Gasteiger partial charge in [-0.1, -0.05) is 13.8 Å². The molecule has 0 saturated heterocycles. The second-order valence-electron chi connectivity index (χ2n) is 7.75. The number of nitrogens with one attached hydrogen (secondary N) is 3. The first kappa shape index (κ1) is 22.0. The van der Waals surface area contributed by atoms with Crippen molar-refractivity contribution in [3.8, 4) is 5.88 Å². The van der Waals surface area contributed by atoms with Crippen molar-refractivity contribution in [2.45, 2.75) is 59.6 Å². The summed E-state index contributed by atoms with van der Waals surface area (Å²) in [5, 5.41) is 9.42. The van der Waals surface area contributed by atoms with E-state index in [0.29, 0.717) is 31.4 Å². The maximum atomic E-state index is 11.7. The number of carbonyl (C=O) groups is 1. The maximum absolute atomic E-state index is 11.7. The SMILES string of the molecule is CCNC(=NCc1ccnc(OC(C)CC(C)C)c1)NCCNC(=O)C1CC1. The number of ether oxygens (including phenoxy) is 1. The number of pyridine rings is 1. The Morgan fingerprint density at radius 1 is 1.25 bits per heavy atom. The van der Waals surface area contributed by atoms with Gasteiger partial charge in [0.25, 0.3) is 0 Å². The van der Waals surface area contributed by atoms with E-state index in [9.17, 15) is 4.79 Å².